The summed E-state index contributed by atoms with van der Waals surface area (Å²) in [6, 6.07) is 0. The zero-order valence-corrected chi connectivity index (χ0v) is 15.2. The fourth-order valence-electron chi connectivity index (χ4n) is 1.35. The van der Waals surface area contributed by atoms with Crippen molar-refractivity contribution in [2.24, 2.45) is 0 Å². The summed E-state index contributed by atoms with van der Waals surface area (Å²) in [6.45, 7) is 6.99. The van der Waals surface area contributed by atoms with Gasteiger partial charge in [-0.15, -0.1) is 0 Å². The van der Waals surface area contributed by atoms with Crippen LogP contribution in [0, 0.1) is 0 Å². The van der Waals surface area contributed by atoms with E-state index in [1.165, 1.54) is 38.5 Å². The van der Waals surface area contributed by atoms with Crippen molar-refractivity contribution in [3.8, 4) is 0 Å². The van der Waals surface area contributed by atoms with E-state index in [1.54, 1.807) is 13.4 Å². The van der Waals surface area contributed by atoms with Gasteiger partial charge in [0.15, 0.2) is 0 Å². The van der Waals surface area contributed by atoms with Gasteiger partial charge in [-0.1, -0.05) is 0 Å². The van der Waals surface area contributed by atoms with Gasteiger partial charge in [-0.2, -0.15) is 0 Å². The van der Waals surface area contributed by atoms with Crippen molar-refractivity contribution in [3.63, 3.8) is 0 Å². The second kappa shape index (κ2) is 14.3. The summed E-state index contributed by atoms with van der Waals surface area (Å²) in [4.78, 5) is 21.6. The topological polar surface area (TPSA) is 77.8 Å². The average molecular weight is 397 g/mol. The molecular weight excluding hydrogens is 367 g/mol. The van der Waals surface area contributed by atoms with Gasteiger partial charge in [0.1, 0.15) is 0 Å². The molecule has 0 amide bonds. The number of hydrogen-bond donors (Lipinski definition) is 3. The quantitative estimate of drug-likeness (QED) is 0.407. The number of unbranched alkanes of at least 4 members (excludes halogenated alkanes) is 3. The maximum Gasteiger partial charge on any atom is 0.466 e. The second-order valence-corrected chi connectivity index (χ2v) is 12.3. The Morgan fingerprint density at radius 3 is 1.17 bits per heavy atom. The molecule has 3 N–H and O–H groups in total. The molecule has 0 bridgehead atoms. The second-order valence-electron chi connectivity index (χ2n) is 4.30. The van der Waals surface area contributed by atoms with Crippen LogP contribution in [0.15, 0.2) is 0 Å². The molecule has 0 aliphatic carbocycles. The Morgan fingerprint density at radius 1 is 0.778 bits per heavy atom. The third-order valence-electron chi connectivity index (χ3n) is 2.36. The molecule has 0 spiro atoms. The Kier molecular flexibility index (Phi) is 16.9. The summed E-state index contributed by atoms with van der Waals surface area (Å²) in [5.41, 5.74) is 0. The van der Waals surface area contributed by atoms with Crippen molar-refractivity contribution in [2.75, 3.05) is 0 Å². The first kappa shape index (κ1) is 21.2. The molecule has 0 aliphatic rings. The summed E-state index contributed by atoms with van der Waals surface area (Å²) in [5, 5.41) is 0. The number of hydrogen-bond acceptors (Lipinski definition) is 1. The minimum atomic E-state index is -4.64. The zero-order valence-electron chi connectivity index (χ0n) is 12.0. The molecule has 0 unspecified atom stereocenters. The van der Waals surface area contributed by atoms with Crippen molar-refractivity contribution in [1.82, 2.24) is 0 Å². The van der Waals surface area contributed by atoms with Gasteiger partial charge in [0.2, 0.25) is 0 Å². The van der Waals surface area contributed by atoms with E-state index in [0.29, 0.717) is 0 Å². The molecule has 0 saturated carbocycles. The molecule has 4 nitrogen and oxygen atoms in total. The van der Waals surface area contributed by atoms with Gasteiger partial charge >= 0.3 is 100 Å². The third kappa shape index (κ3) is 25.7. The maximum atomic E-state index is 8.88. The Hall–Kier alpha value is 0.900. The van der Waals surface area contributed by atoms with E-state index in [0.717, 1.165) is 0 Å². The van der Waals surface area contributed by atoms with E-state index in [4.69, 9.17) is 19.2 Å². The SMILES string of the molecule is CCCC[Te+](CCCC)CCCC.O=P(O)(O)O. The predicted octanol–water partition coefficient (Wildman–Crippen LogP) is 3.95. The smallest absolute Gasteiger partial charge is 0.303 e. The van der Waals surface area contributed by atoms with Crippen molar-refractivity contribution >= 4 is 27.4 Å². The Morgan fingerprint density at radius 2 is 1.00 bits per heavy atom. The Balaban J connectivity index is 0. The summed E-state index contributed by atoms with van der Waals surface area (Å²) in [6.07, 6.45) is 8.79. The van der Waals surface area contributed by atoms with Crippen molar-refractivity contribution < 1.29 is 19.2 Å². The van der Waals surface area contributed by atoms with E-state index in [9.17, 15) is 0 Å². The van der Waals surface area contributed by atoms with Gasteiger partial charge < -0.3 is 14.7 Å². The van der Waals surface area contributed by atoms with Crippen LogP contribution in [0.4, 0.5) is 0 Å². The van der Waals surface area contributed by atoms with Gasteiger partial charge in [0.05, 0.1) is 0 Å². The summed E-state index contributed by atoms with van der Waals surface area (Å²) >= 11 is -0.584. The van der Waals surface area contributed by atoms with E-state index in [1.807, 2.05) is 0 Å². The number of phosphoric acid groups is 1. The van der Waals surface area contributed by atoms with Gasteiger partial charge in [-0.3, -0.25) is 0 Å². The zero-order chi connectivity index (χ0) is 14.4. The van der Waals surface area contributed by atoms with Crippen LogP contribution in [0.2, 0.25) is 13.4 Å². The monoisotopic (exact) mass is 399 g/mol. The van der Waals surface area contributed by atoms with Gasteiger partial charge in [-0.05, 0) is 0 Å². The first-order chi connectivity index (χ1) is 8.35. The van der Waals surface area contributed by atoms with Crippen LogP contribution < -0.4 is 0 Å². The first-order valence-electron chi connectivity index (χ1n) is 6.77. The molecule has 0 aromatic carbocycles. The molecular formula is C12H30O4PTe+. The Labute approximate surface area is 119 Å². The molecule has 0 rings (SSSR count). The van der Waals surface area contributed by atoms with E-state index in [-0.39, 0.29) is 0 Å². The van der Waals surface area contributed by atoms with Crippen molar-refractivity contribution in [1.29, 1.82) is 0 Å². The molecule has 0 radical (unpaired) electrons. The van der Waals surface area contributed by atoms with E-state index >= 15 is 0 Å². The average Bonchev–Trinajstić information content (AvgIpc) is 2.26. The molecule has 0 aromatic rings. The molecule has 112 valence electrons. The van der Waals surface area contributed by atoms with E-state index < -0.39 is 27.4 Å². The standard InChI is InChI=1S/C12H27Te.H3O4P/c1-4-7-10-13(11-8-5-2)12-9-6-3;1-5(2,3)4/h4-12H2,1-3H3;(H3,1,2,3,4)/q+1;. The Bertz CT molecular complexity index is 181. The van der Waals surface area contributed by atoms with Crippen LogP contribution in [0.25, 0.3) is 0 Å². The van der Waals surface area contributed by atoms with Gasteiger partial charge in [0.25, 0.3) is 0 Å². The van der Waals surface area contributed by atoms with Crippen molar-refractivity contribution in [3.05, 3.63) is 0 Å². The van der Waals surface area contributed by atoms with Gasteiger partial charge in [-0.25, -0.2) is 4.57 Å². The maximum absolute atomic E-state index is 8.88. The first-order valence-corrected chi connectivity index (χ1v) is 13.3. The van der Waals surface area contributed by atoms with Crippen LogP contribution in [0.5, 0.6) is 0 Å². The molecule has 6 heteroatoms. The summed E-state index contributed by atoms with van der Waals surface area (Å²) in [5.74, 6) is 0. The minimum Gasteiger partial charge on any atom is -0.303 e. The molecule has 0 aromatic heterocycles. The minimum absolute atomic E-state index is 0.584. The van der Waals surface area contributed by atoms with E-state index in [2.05, 4.69) is 20.8 Å². The number of rotatable bonds is 9. The van der Waals surface area contributed by atoms with Crippen LogP contribution in [-0.4, -0.2) is 34.2 Å². The molecule has 18 heavy (non-hydrogen) atoms. The van der Waals surface area contributed by atoms with Crippen molar-refractivity contribution in [2.45, 2.75) is 72.7 Å². The fourth-order valence-corrected chi connectivity index (χ4v) is 9.07. The summed E-state index contributed by atoms with van der Waals surface area (Å²) < 4.78 is 13.8. The van der Waals surface area contributed by atoms with Crippen LogP contribution in [-0.2, 0) is 4.57 Å². The predicted molar refractivity (Wildman–Crippen MR) is 79.2 cm³/mol. The van der Waals surface area contributed by atoms with Crippen LogP contribution >= 0.6 is 7.82 Å². The van der Waals surface area contributed by atoms with Crippen LogP contribution in [0.3, 0.4) is 0 Å². The largest absolute Gasteiger partial charge is 0.466 e. The molecule has 0 aliphatic heterocycles. The van der Waals surface area contributed by atoms with Crippen LogP contribution in [0.1, 0.15) is 59.3 Å². The normalized spacial score (nSPS) is 11.3. The molecule has 0 fully saturated rings. The summed E-state index contributed by atoms with van der Waals surface area (Å²) in [7, 11) is -4.64. The molecule has 0 heterocycles. The van der Waals surface area contributed by atoms with Gasteiger partial charge in [0, 0.05) is 0 Å². The molecule has 0 atom stereocenters. The third-order valence-corrected chi connectivity index (χ3v) is 9.77. The fraction of sp³-hybridized carbons (Fsp3) is 1.00. The molecule has 0 saturated heterocycles.